The van der Waals surface area contributed by atoms with E-state index in [2.05, 4.69) is 6.08 Å². The summed E-state index contributed by atoms with van der Waals surface area (Å²) in [6, 6.07) is 0. The highest BCUT2D eigenvalue weighted by atomic mass is 16.7. The Bertz CT molecular complexity index is 347. The first-order valence-electron chi connectivity index (χ1n) is 5.61. The average Bonchev–Trinajstić information content (AvgIpc) is 2.24. The van der Waals surface area contributed by atoms with Crippen molar-refractivity contribution >= 4 is 5.78 Å². The summed E-state index contributed by atoms with van der Waals surface area (Å²) in [6.07, 6.45) is 4.26. The van der Waals surface area contributed by atoms with Gasteiger partial charge < -0.3 is 9.47 Å². The SMILES string of the molecule is CO[C@]12OCC[C@@H]3C[C@H](C1=O)C(C)=C[C@@H]32. The maximum absolute atomic E-state index is 12.3. The minimum absolute atomic E-state index is 0.0419. The highest BCUT2D eigenvalue weighted by Crippen LogP contribution is 2.52. The van der Waals surface area contributed by atoms with Crippen LogP contribution in [0.5, 0.6) is 0 Å². The summed E-state index contributed by atoms with van der Waals surface area (Å²) in [4.78, 5) is 12.3. The van der Waals surface area contributed by atoms with Crippen molar-refractivity contribution < 1.29 is 14.3 Å². The van der Waals surface area contributed by atoms with Crippen LogP contribution in [0.15, 0.2) is 11.6 Å². The Labute approximate surface area is 89.4 Å². The molecule has 0 aromatic rings. The smallest absolute Gasteiger partial charge is 0.236 e. The van der Waals surface area contributed by atoms with Crippen LogP contribution in [-0.2, 0) is 14.3 Å². The molecule has 0 amide bonds. The summed E-state index contributed by atoms with van der Waals surface area (Å²) in [7, 11) is 1.59. The lowest BCUT2D eigenvalue weighted by Gasteiger charge is -2.53. The summed E-state index contributed by atoms with van der Waals surface area (Å²) in [6.45, 7) is 2.70. The second kappa shape index (κ2) is 2.92. The molecule has 0 spiro atoms. The Morgan fingerprint density at radius 1 is 1.60 bits per heavy atom. The molecule has 0 unspecified atom stereocenters. The molecule has 3 nitrogen and oxygen atoms in total. The molecular weight excluding hydrogens is 192 g/mol. The molecule has 4 atom stereocenters. The van der Waals surface area contributed by atoms with Crippen LogP contribution in [0, 0.1) is 17.8 Å². The van der Waals surface area contributed by atoms with E-state index in [0.29, 0.717) is 12.5 Å². The van der Waals surface area contributed by atoms with E-state index in [1.165, 1.54) is 5.57 Å². The molecule has 1 saturated carbocycles. The van der Waals surface area contributed by atoms with E-state index in [-0.39, 0.29) is 17.6 Å². The van der Waals surface area contributed by atoms with Crippen molar-refractivity contribution in [2.24, 2.45) is 17.8 Å². The number of carbonyl (C=O) groups is 1. The van der Waals surface area contributed by atoms with Crippen molar-refractivity contribution in [1.82, 2.24) is 0 Å². The van der Waals surface area contributed by atoms with Crippen molar-refractivity contribution in [1.29, 1.82) is 0 Å². The Morgan fingerprint density at radius 2 is 2.40 bits per heavy atom. The topological polar surface area (TPSA) is 35.5 Å². The normalized spacial score (nSPS) is 48.0. The summed E-state index contributed by atoms with van der Waals surface area (Å²) < 4.78 is 11.1. The molecule has 3 aliphatic carbocycles. The summed E-state index contributed by atoms with van der Waals surface area (Å²) in [5, 5.41) is 0. The molecule has 0 radical (unpaired) electrons. The van der Waals surface area contributed by atoms with Crippen LogP contribution in [0.3, 0.4) is 0 Å². The standard InChI is InChI=1S/C12H16O3/c1-7-5-10-8-3-4-15-12(10,14-2)11(13)9(7)6-8/h5,8-10H,3-4,6H2,1-2H3/t8-,9+,10+,12-/m1/s1. The fourth-order valence-corrected chi connectivity index (χ4v) is 3.43. The molecule has 0 N–H and O–H groups in total. The monoisotopic (exact) mass is 208 g/mol. The summed E-state index contributed by atoms with van der Waals surface area (Å²) in [5.74, 6) is -0.0317. The van der Waals surface area contributed by atoms with Gasteiger partial charge in [-0.1, -0.05) is 11.6 Å². The van der Waals surface area contributed by atoms with Gasteiger partial charge in [0.05, 0.1) is 6.61 Å². The lowest BCUT2D eigenvalue weighted by molar-refractivity contribution is -0.274. The highest BCUT2D eigenvalue weighted by Gasteiger charge is 2.61. The van der Waals surface area contributed by atoms with Crippen LogP contribution < -0.4 is 0 Å². The zero-order chi connectivity index (χ0) is 10.6. The summed E-state index contributed by atoms with van der Waals surface area (Å²) in [5.41, 5.74) is 1.21. The molecular formula is C12H16O3. The van der Waals surface area contributed by atoms with Crippen molar-refractivity contribution in [2.75, 3.05) is 13.7 Å². The number of ketones is 1. The Balaban J connectivity index is 2.12. The molecule has 82 valence electrons. The number of hydrogen-bond acceptors (Lipinski definition) is 3. The van der Waals surface area contributed by atoms with E-state index < -0.39 is 5.79 Å². The van der Waals surface area contributed by atoms with Gasteiger partial charge in [-0.15, -0.1) is 0 Å². The van der Waals surface area contributed by atoms with Gasteiger partial charge in [0.25, 0.3) is 0 Å². The van der Waals surface area contributed by atoms with Crippen molar-refractivity contribution in [3.05, 3.63) is 11.6 Å². The first kappa shape index (κ1) is 9.55. The van der Waals surface area contributed by atoms with Crippen LogP contribution in [0.1, 0.15) is 19.8 Å². The van der Waals surface area contributed by atoms with E-state index >= 15 is 0 Å². The fraction of sp³-hybridized carbons (Fsp3) is 0.750. The second-order valence-corrected chi connectivity index (χ2v) is 4.86. The molecule has 0 aromatic heterocycles. The van der Waals surface area contributed by atoms with Gasteiger partial charge in [-0.05, 0) is 25.7 Å². The third kappa shape index (κ3) is 1.00. The predicted octanol–water partition coefficient (Wildman–Crippen LogP) is 1.53. The van der Waals surface area contributed by atoms with Crippen molar-refractivity contribution in [3.63, 3.8) is 0 Å². The van der Waals surface area contributed by atoms with Crippen LogP contribution in [0.2, 0.25) is 0 Å². The number of ether oxygens (including phenoxy) is 2. The molecule has 1 aliphatic heterocycles. The van der Waals surface area contributed by atoms with Gasteiger partial charge in [0.1, 0.15) is 0 Å². The van der Waals surface area contributed by atoms with Crippen LogP contribution in [0.25, 0.3) is 0 Å². The highest BCUT2D eigenvalue weighted by molar-refractivity contribution is 5.93. The van der Waals surface area contributed by atoms with E-state index in [1.54, 1.807) is 7.11 Å². The molecule has 15 heavy (non-hydrogen) atoms. The second-order valence-electron chi connectivity index (χ2n) is 4.86. The van der Waals surface area contributed by atoms with Gasteiger partial charge in [0, 0.05) is 18.9 Å². The van der Waals surface area contributed by atoms with E-state index in [9.17, 15) is 4.79 Å². The van der Waals surface area contributed by atoms with E-state index in [1.807, 2.05) is 6.92 Å². The molecule has 2 fully saturated rings. The summed E-state index contributed by atoms with van der Waals surface area (Å²) >= 11 is 0. The number of carbonyl (C=O) groups excluding carboxylic acids is 1. The van der Waals surface area contributed by atoms with E-state index in [4.69, 9.17) is 9.47 Å². The molecule has 0 aromatic carbocycles. The third-order valence-corrected chi connectivity index (χ3v) is 4.25. The number of methoxy groups -OCH3 is 1. The Kier molecular flexibility index (Phi) is 1.86. The fourth-order valence-electron chi connectivity index (χ4n) is 3.43. The molecule has 4 aliphatic rings. The largest absolute Gasteiger partial charge is 0.347 e. The first-order chi connectivity index (χ1) is 7.19. The number of rotatable bonds is 1. The first-order valence-corrected chi connectivity index (χ1v) is 5.61. The Morgan fingerprint density at radius 3 is 3.13 bits per heavy atom. The van der Waals surface area contributed by atoms with Gasteiger partial charge in [-0.2, -0.15) is 0 Å². The minimum Gasteiger partial charge on any atom is -0.347 e. The van der Waals surface area contributed by atoms with Gasteiger partial charge in [-0.3, -0.25) is 4.79 Å². The van der Waals surface area contributed by atoms with Crippen LogP contribution in [0.4, 0.5) is 0 Å². The molecule has 3 heteroatoms. The zero-order valence-electron chi connectivity index (χ0n) is 9.16. The minimum atomic E-state index is -0.939. The number of Topliss-reactive ketones (excluding diaryl/α,β-unsaturated/α-hetero) is 1. The quantitative estimate of drug-likeness (QED) is 0.613. The molecule has 4 rings (SSSR count). The maximum atomic E-state index is 12.3. The average molecular weight is 208 g/mol. The lowest BCUT2D eigenvalue weighted by atomic mass is 9.60. The predicted molar refractivity (Wildman–Crippen MR) is 54.2 cm³/mol. The van der Waals surface area contributed by atoms with E-state index in [0.717, 1.165) is 12.8 Å². The van der Waals surface area contributed by atoms with Gasteiger partial charge in [-0.25, -0.2) is 0 Å². The van der Waals surface area contributed by atoms with Crippen LogP contribution >= 0.6 is 0 Å². The maximum Gasteiger partial charge on any atom is 0.236 e. The molecule has 1 heterocycles. The molecule has 1 saturated heterocycles. The molecule has 4 bridgehead atoms. The third-order valence-electron chi connectivity index (χ3n) is 4.25. The van der Waals surface area contributed by atoms with Gasteiger partial charge in [0.15, 0.2) is 5.78 Å². The van der Waals surface area contributed by atoms with Gasteiger partial charge >= 0.3 is 0 Å². The Hall–Kier alpha value is -0.670. The van der Waals surface area contributed by atoms with Crippen LogP contribution in [-0.4, -0.2) is 25.3 Å². The van der Waals surface area contributed by atoms with Crippen molar-refractivity contribution in [3.8, 4) is 0 Å². The van der Waals surface area contributed by atoms with Crippen molar-refractivity contribution in [2.45, 2.75) is 25.6 Å². The number of allylic oxidation sites excluding steroid dienone is 1. The van der Waals surface area contributed by atoms with Gasteiger partial charge in [0.2, 0.25) is 5.79 Å². The number of hydrogen-bond donors (Lipinski definition) is 0. The lowest BCUT2D eigenvalue weighted by Crippen LogP contribution is -2.63. The zero-order valence-corrected chi connectivity index (χ0v) is 9.16.